The molecular weight excluding hydrogens is 252 g/mol. The van der Waals surface area contributed by atoms with Gasteiger partial charge in [0.25, 0.3) is 0 Å². The highest BCUT2D eigenvalue weighted by atomic mass is 16.6. The van der Waals surface area contributed by atoms with Crippen molar-refractivity contribution in [2.45, 2.75) is 38.8 Å². The summed E-state index contributed by atoms with van der Waals surface area (Å²) in [6, 6.07) is 10.4. The topological polar surface area (TPSA) is 41.6 Å². The number of nitrogens with zero attached hydrogens (tertiary/aromatic N) is 1. The fourth-order valence-electron chi connectivity index (χ4n) is 2.32. The largest absolute Gasteiger partial charge is 0.444 e. The predicted molar refractivity (Wildman–Crippen MR) is 79.6 cm³/mol. The number of carbonyl (C=O) groups excluding carboxylic acids is 1. The summed E-state index contributed by atoms with van der Waals surface area (Å²) in [6.07, 6.45) is 0.727. The Morgan fingerprint density at radius 1 is 1.30 bits per heavy atom. The zero-order valence-corrected chi connectivity index (χ0v) is 12.6. The Kier molecular flexibility index (Phi) is 4.65. The minimum absolute atomic E-state index is 0.172. The molecular formula is C16H24N2O2. The second kappa shape index (κ2) is 6.27. The summed E-state index contributed by atoms with van der Waals surface area (Å²) in [5.74, 6) is 0. The van der Waals surface area contributed by atoms with Gasteiger partial charge in [0.2, 0.25) is 0 Å². The van der Waals surface area contributed by atoms with E-state index in [0.717, 1.165) is 19.5 Å². The molecule has 0 unspecified atom stereocenters. The molecule has 1 amide bonds. The van der Waals surface area contributed by atoms with Gasteiger partial charge >= 0.3 is 6.09 Å². The van der Waals surface area contributed by atoms with Gasteiger partial charge in [0.1, 0.15) is 5.60 Å². The Morgan fingerprint density at radius 3 is 2.65 bits per heavy atom. The van der Waals surface area contributed by atoms with Crippen LogP contribution in [0.25, 0.3) is 0 Å². The molecule has 0 saturated carbocycles. The van der Waals surface area contributed by atoms with E-state index in [1.807, 2.05) is 43.9 Å². The number of benzene rings is 1. The normalized spacial score (nSPS) is 20.4. The van der Waals surface area contributed by atoms with E-state index in [-0.39, 0.29) is 12.1 Å². The molecule has 0 spiro atoms. The SMILES string of the molecule is CC(C)(C)OC(=O)N1CCCN[C@H](c2ccccc2)C1. The van der Waals surface area contributed by atoms with Crippen LogP contribution in [0.2, 0.25) is 0 Å². The lowest BCUT2D eigenvalue weighted by Crippen LogP contribution is -2.39. The molecule has 110 valence electrons. The van der Waals surface area contributed by atoms with Gasteiger partial charge in [-0.3, -0.25) is 0 Å². The monoisotopic (exact) mass is 276 g/mol. The van der Waals surface area contributed by atoms with Gasteiger partial charge in [-0.1, -0.05) is 30.3 Å². The van der Waals surface area contributed by atoms with E-state index in [2.05, 4.69) is 17.4 Å². The van der Waals surface area contributed by atoms with Crippen LogP contribution in [0.5, 0.6) is 0 Å². The van der Waals surface area contributed by atoms with Crippen molar-refractivity contribution in [1.29, 1.82) is 0 Å². The van der Waals surface area contributed by atoms with E-state index < -0.39 is 5.60 Å². The number of hydrogen-bond acceptors (Lipinski definition) is 3. The highest BCUT2D eigenvalue weighted by Gasteiger charge is 2.26. The van der Waals surface area contributed by atoms with Crippen LogP contribution < -0.4 is 5.32 Å². The molecule has 1 aromatic carbocycles. The lowest BCUT2D eigenvalue weighted by atomic mass is 10.1. The average Bonchev–Trinajstić information content (AvgIpc) is 2.63. The molecule has 2 rings (SSSR count). The van der Waals surface area contributed by atoms with Gasteiger partial charge in [0, 0.05) is 13.1 Å². The van der Waals surface area contributed by atoms with Crippen molar-refractivity contribution in [3.8, 4) is 0 Å². The molecule has 1 N–H and O–H groups in total. The highest BCUT2D eigenvalue weighted by molar-refractivity contribution is 5.68. The van der Waals surface area contributed by atoms with Crippen molar-refractivity contribution >= 4 is 6.09 Å². The van der Waals surface area contributed by atoms with Crippen LogP contribution in [0.3, 0.4) is 0 Å². The Labute approximate surface area is 121 Å². The molecule has 0 aromatic heterocycles. The first-order chi connectivity index (χ1) is 9.46. The minimum Gasteiger partial charge on any atom is -0.444 e. The Bertz CT molecular complexity index is 440. The summed E-state index contributed by atoms with van der Waals surface area (Å²) in [5, 5.41) is 3.50. The van der Waals surface area contributed by atoms with Crippen LogP contribution in [-0.4, -0.2) is 36.2 Å². The number of ether oxygens (including phenoxy) is 1. The third-order valence-corrected chi connectivity index (χ3v) is 3.25. The Hall–Kier alpha value is -1.55. The van der Waals surface area contributed by atoms with Crippen LogP contribution in [0.15, 0.2) is 30.3 Å². The van der Waals surface area contributed by atoms with E-state index in [1.54, 1.807) is 0 Å². The molecule has 1 aromatic rings. The second-order valence-electron chi connectivity index (χ2n) is 6.20. The van der Waals surface area contributed by atoms with Crippen molar-refractivity contribution < 1.29 is 9.53 Å². The molecule has 1 saturated heterocycles. The van der Waals surface area contributed by atoms with E-state index >= 15 is 0 Å². The van der Waals surface area contributed by atoms with E-state index in [4.69, 9.17) is 4.74 Å². The second-order valence-corrected chi connectivity index (χ2v) is 6.20. The molecule has 0 aliphatic carbocycles. The fraction of sp³-hybridized carbons (Fsp3) is 0.562. The fourth-order valence-corrected chi connectivity index (χ4v) is 2.32. The quantitative estimate of drug-likeness (QED) is 0.857. The highest BCUT2D eigenvalue weighted by Crippen LogP contribution is 2.19. The van der Waals surface area contributed by atoms with Crippen LogP contribution in [0.4, 0.5) is 4.79 Å². The van der Waals surface area contributed by atoms with Gasteiger partial charge in [0.15, 0.2) is 0 Å². The number of carbonyl (C=O) groups is 1. The maximum Gasteiger partial charge on any atom is 0.410 e. The molecule has 4 nitrogen and oxygen atoms in total. The van der Waals surface area contributed by atoms with E-state index in [0.29, 0.717) is 6.54 Å². The first-order valence-electron chi connectivity index (χ1n) is 7.22. The third-order valence-electron chi connectivity index (χ3n) is 3.25. The van der Waals surface area contributed by atoms with Gasteiger partial charge in [-0.15, -0.1) is 0 Å². The van der Waals surface area contributed by atoms with Crippen LogP contribution in [-0.2, 0) is 4.74 Å². The van der Waals surface area contributed by atoms with E-state index in [1.165, 1.54) is 5.56 Å². The molecule has 1 aliphatic rings. The molecule has 0 bridgehead atoms. The van der Waals surface area contributed by atoms with Gasteiger partial charge < -0.3 is 15.0 Å². The predicted octanol–water partition coefficient (Wildman–Crippen LogP) is 2.96. The summed E-state index contributed by atoms with van der Waals surface area (Å²) < 4.78 is 5.48. The van der Waals surface area contributed by atoms with Crippen molar-refractivity contribution in [3.05, 3.63) is 35.9 Å². The maximum atomic E-state index is 12.2. The zero-order chi connectivity index (χ0) is 14.6. The van der Waals surface area contributed by atoms with Gasteiger partial charge in [-0.2, -0.15) is 0 Å². The van der Waals surface area contributed by atoms with Crippen molar-refractivity contribution in [2.24, 2.45) is 0 Å². The number of rotatable bonds is 1. The lowest BCUT2D eigenvalue weighted by molar-refractivity contribution is 0.0247. The summed E-state index contributed by atoms with van der Waals surface area (Å²) in [5.41, 5.74) is 0.766. The zero-order valence-electron chi connectivity index (χ0n) is 12.6. The van der Waals surface area contributed by atoms with Gasteiger partial charge in [-0.25, -0.2) is 4.79 Å². The first-order valence-corrected chi connectivity index (χ1v) is 7.22. The number of nitrogens with one attached hydrogen (secondary N) is 1. The van der Waals surface area contributed by atoms with Gasteiger partial charge in [-0.05, 0) is 39.3 Å². The maximum absolute atomic E-state index is 12.2. The van der Waals surface area contributed by atoms with Crippen LogP contribution in [0, 0.1) is 0 Å². The third kappa shape index (κ3) is 4.23. The van der Waals surface area contributed by atoms with Crippen LogP contribution >= 0.6 is 0 Å². The molecule has 1 aliphatic heterocycles. The lowest BCUT2D eigenvalue weighted by Gasteiger charge is -2.28. The summed E-state index contributed by atoms with van der Waals surface area (Å²) in [4.78, 5) is 14.0. The van der Waals surface area contributed by atoms with Crippen LogP contribution in [0.1, 0.15) is 38.8 Å². The summed E-state index contributed by atoms with van der Waals surface area (Å²) in [6.45, 7) is 8.00. The minimum atomic E-state index is -0.445. The Morgan fingerprint density at radius 2 is 2.00 bits per heavy atom. The van der Waals surface area contributed by atoms with Gasteiger partial charge in [0.05, 0.1) is 6.04 Å². The Balaban J connectivity index is 2.05. The van der Waals surface area contributed by atoms with Crippen molar-refractivity contribution in [1.82, 2.24) is 10.2 Å². The van der Waals surface area contributed by atoms with Crippen molar-refractivity contribution in [2.75, 3.05) is 19.6 Å². The number of hydrogen-bond donors (Lipinski definition) is 1. The molecule has 4 heteroatoms. The number of amides is 1. The molecule has 1 heterocycles. The summed E-state index contributed by atoms with van der Waals surface area (Å²) >= 11 is 0. The smallest absolute Gasteiger partial charge is 0.410 e. The first kappa shape index (κ1) is 14.9. The molecule has 0 radical (unpaired) electrons. The molecule has 1 fully saturated rings. The molecule has 1 atom stereocenters. The van der Waals surface area contributed by atoms with Crippen molar-refractivity contribution in [3.63, 3.8) is 0 Å². The van der Waals surface area contributed by atoms with E-state index in [9.17, 15) is 4.79 Å². The average molecular weight is 276 g/mol. The molecule has 20 heavy (non-hydrogen) atoms. The summed E-state index contributed by atoms with van der Waals surface area (Å²) in [7, 11) is 0. The standard InChI is InChI=1S/C16H24N2O2/c1-16(2,3)20-15(19)18-11-7-10-17-14(12-18)13-8-5-4-6-9-13/h4-6,8-9,14,17H,7,10-12H2,1-3H3/t14-/m0/s1.